The van der Waals surface area contributed by atoms with E-state index < -0.39 is 11.8 Å². The maximum absolute atomic E-state index is 12.5. The van der Waals surface area contributed by atoms with Gasteiger partial charge < -0.3 is 0 Å². The van der Waals surface area contributed by atoms with Gasteiger partial charge in [-0.05, 0) is 18.1 Å². The molecule has 1 aliphatic heterocycles. The second-order valence-corrected chi connectivity index (χ2v) is 6.01. The predicted octanol–water partition coefficient (Wildman–Crippen LogP) is 3.78. The molecule has 1 amide bonds. The molecular formula is C14H13Cl3N2O2. The summed E-state index contributed by atoms with van der Waals surface area (Å²) in [7, 11) is 0. The molecule has 1 heterocycles. The summed E-state index contributed by atoms with van der Waals surface area (Å²) in [6.07, 6.45) is 0. The van der Waals surface area contributed by atoms with Crippen molar-refractivity contribution in [1.29, 1.82) is 0 Å². The molecule has 1 aromatic carbocycles. The van der Waals surface area contributed by atoms with E-state index in [9.17, 15) is 9.59 Å². The third-order valence-corrected chi connectivity index (χ3v) is 4.03. The van der Waals surface area contributed by atoms with E-state index >= 15 is 0 Å². The van der Waals surface area contributed by atoms with Crippen LogP contribution in [0.25, 0.3) is 0 Å². The van der Waals surface area contributed by atoms with E-state index in [1.165, 1.54) is 0 Å². The lowest BCUT2D eigenvalue weighted by Gasteiger charge is -2.16. The Morgan fingerprint density at radius 2 is 1.90 bits per heavy atom. The fourth-order valence-corrected chi connectivity index (χ4v) is 2.86. The number of carbonyl (C=O) groups is 2. The Morgan fingerprint density at radius 1 is 1.33 bits per heavy atom. The van der Waals surface area contributed by atoms with Gasteiger partial charge in [0.1, 0.15) is 11.6 Å². The number of hydrogen-bond donors (Lipinski definition) is 0. The quantitative estimate of drug-likeness (QED) is 0.615. The van der Waals surface area contributed by atoms with Gasteiger partial charge in [-0.2, -0.15) is 10.1 Å². The summed E-state index contributed by atoms with van der Waals surface area (Å²) in [4.78, 5) is 24.5. The van der Waals surface area contributed by atoms with Crippen LogP contribution in [0.2, 0.25) is 10.0 Å². The number of rotatable bonds is 4. The van der Waals surface area contributed by atoms with Crippen molar-refractivity contribution in [2.24, 2.45) is 16.9 Å². The highest BCUT2D eigenvalue weighted by Crippen LogP contribution is 2.37. The molecule has 1 atom stereocenters. The maximum Gasteiger partial charge on any atom is 0.263 e. The van der Waals surface area contributed by atoms with Gasteiger partial charge in [-0.3, -0.25) is 9.59 Å². The molecule has 0 fully saturated rings. The molecule has 0 spiro atoms. The molecule has 0 radical (unpaired) electrons. The molecule has 0 aromatic heterocycles. The SMILES string of the molecule is CC(C)C1=NN(c2c(Cl)cccc2Cl)C(=O)C1C(=O)CCl. The molecule has 0 bridgehead atoms. The fraction of sp³-hybridized carbons (Fsp3) is 0.357. The monoisotopic (exact) mass is 346 g/mol. The average Bonchev–Trinajstić information content (AvgIpc) is 2.76. The topological polar surface area (TPSA) is 49.7 Å². The first-order valence-corrected chi connectivity index (χ1v) is 7.62. The van der Waals surface area contributed by atoms with Gasteiger partial charge in [0.15, 0.2) is 5.78 Å². The number of ketones is 1. The Balaban J connectivity index is 2.52. The van der Waals surface area contributed by atoms with Crippen LogP contribution < -0.4 is 5.01 Å². The number of Topliss-reactive ketones (excluding diaryl/α,β-unsaturated/α-hetero) is 1. The van der Waals surface area contributed by atoms with Gasteiger partial charge in [-0.15, -0.1) is 11.6 Å². The van der Waals surface area contributed by atoms with Crippen LogP contribution in [0, 0.1) is 11.8 Å². The van der Waals surface area contributed by atoms with Crippen LogP contribution in [-0.4, -0.2) is 23.3 Å². The smallest absolute Gasteiger partial charge is 0.263 e. The highest BCUT2D eigenvalue weighted by atomic mass is 35.5. The Bertz CT molecular complexity index is 608. The minimum Gasteiger partial charge on any atom is -0.297 e. The molecule has 2 rings (SSSR count). The van der Waals surface area contributed by atoms with E-state index in [1.807, 2.05) is 13.8 Å². The molecular weight excluding hydrogens is 335 g/mol. The Hall–Kier alpha value is -1.10. The van der Waals surface area contributed by atoms with Gasteiger partial charge in [0.05, 0.1) is 21.6 Å². The molecule has 4 nitrogen and oxygen atoms in total. The van der Waals surface area contributed by atoms with E-state index in [0.717, 1.165) is 5.01 Å². The number of anilines is 1. The number of amides is 1. The van der Waals surface area contributed by atoms with Crippen LogP contribution in [0.3, 0.4) is 0 Å². The highest BCUT2D eigenvalue weighted by Gasteiger charge is 2.43. The van der Waals surface area contributed by atoms with E-state index in [-0.39, 0.29) is 23.3 Å². The third-order valence-electron chi connectivity index (χ3n) is 3.16. The Kier molecular flexibility index (Phi) is 4.91. The number of hydrazone groups is 1. The van der Waals surface area contributed by atoms with Crippen molar-refractivity contribution in [2.75, 3.05) is 10.9 Å². The number of alkyl halides is 1. The molecule has 1 aliphatic rings. The molecule has 21 heavy (non-hydrogen) atoms. The maximum atomic E-state index is 12.5. The summed E-state index contributed by atoms with van der Waals surface area (Å²) in [5.41, 5.74) is 0.760. The van der Waals surface area contributed by atoms with E-state index in [0.29, 0.717) is 15.8 Å². The van der Waals surface area contributed by atoms with Crippen LogP contribution in [0.5, 0.6) is 0 Å². The second-order valence-electron chi connectivity index (χ2n) is 4.93. The van der Waals surface area contributed by atoms with Crippen LogP contribution in [-0.2, 0) is 9.59 Å². The lowest BCUT2D eigenvalue weighted by atomic mass is 9.91. The molecule has 0 saturated carbocycles. The van der Waals surface area contributed by atoms with Crippen LogP contribution >= 0.6 is 34.8 Å². The van der Waals surface area contributed by atoms with Gasteiger partial charge >= 0.3 is 0 Å². The van der Waals surface area contributed by atoms with Crippen molar-refractivity contribution < 1.29 is 9.59 Å². The van der Waals surface area contributed by atoms with Crippen LogP contribution in [0.15, 0.2) is 23.3 Å². The molecule has 1 aromatic rings. The van der Waals surface area contributed by atoms with E-state index in [1.54, 1.807) is 18.2 Å². The van der Waals surface area contributed by atoms with Gasteiger partial charge in [-0.1, -0.05) is 43.1 Å². The van der Waals surface area contributed by atoms with Crippen molar-refractivity contribution in [1.82, 2.24) is 0 Å². The van der Waals surface area contributed by atoms with Crippen molar-refractivity contribution in [3.63, 3.8) is 0 Å². The minimum absolute atomic E-state index is 0.0719. The predicted molar refractivity (Wildman–Crippen MR) is 85.4 cm³/mol. The average molecular weight is 348 g/mol. The summed E-state index contributed by atoms with van der Waals surface area (Å²) < 4.78 is 0. The molecule has 7 heteroatoms. The zero-order valence-corrected chi connectivity index (χ0v) is 13.7. The fourth-order valence-electron chi connectivity index (χ4n) is 2.15. The van der Waals surface area contributed by atoms with Gasteiger partial charge in [0.2, 0.25) is 0 Å². The van der Waals surface area contributed by atoms with Gasteiger partial charge in [0, 0.05) is 0 Å². The Morgan fingerprint density at radius 3 is 2.38 bits per heavy atom. The Labute approximate surface area is 137 Å². The molecule has 1 unspecified atom stereocenters. The van der Waals surface area contributed by atoms with Crippen LogP contribution in [0.4, 0.5) is 5.69 Å². The third kappa shape index (κ3) is 2.93. The molecule has 0 aliphatic carbocycles. The zero-order valence-electron chi connectivity index (χ0n) is 11.4. The summed E-state index contributed by atoms with van der Waals surface area (Å²) in [5.74, 6) is -2.13. The summed E-state index contributed by atoms with van der Waals surface area (Å²) >= 11 is 17.8. The standard InChI is InChI=1S/C14H13Cl3N2O2/c1-7(2)12-11(10(20)6-15)14(21)19(18-12)13-8(16)4-3-5-9(13)17/h3-5,7,11H,6H2,1-2H3. The van der Waals surface area contributed by atoms with E-state index in [4.69, 9.17) is 34.8 Å². The van der Waals surface area contributed by atoms with Gasteiger partial charge in [0.25, 0.3) is 5.91 Å². The molecule has 0 saturated heterocycles. The van der Waals surface area contributed by atoms with Crippen molar-refractivity contribution in [2.45, 2.75) is 13.8 Å². The van der Waals surface area contributed by atoms with Crippen molar-refractivity contribution >= 4 is 57.9 Å². The zero-order chi connectivity index (χ0) is 15.7. The van der Waals surface area contributed by atoms with E-state index in [2.05, 4.69) is 5.10 Å². The second kappa shape index (κ2) is 6.34. The normalized spacial score (nSPS) is 18.4. The highest BCUT2D eigenvalue weighted by molar-refractivity contribution is 6.42. The summed E-state index contributed by atoms with van der Waals surface area (Å²) in [6, 6.07) is 4.89. The first-order valence-electron chi connectivity index (χ1n) is 6.33. The molecule has 0 N–H and O–H groups in total. The number of halogens is 3. The minimum atomic E-state index is -0.963. The largest absolute Gasteiger partial charge is 0.297 e. The first-order chi connectivity index (χ1) is 9.88. The number of hydrogen-bond acceptors (Lipinski definition) is 3. The van der Waals surface area contributed by atoms with Crippen molar-refractivity contribution in [3.05, 3.63) is 28.2 Å². The van der Waals surface area contributed by atoms with Crippen molar-refractivity contribution in [3.8, 4) is 0 Å². The summed E-state index contributed by atoms with van der Waals surface area (Å²) in [6.45, 7) is 3.72. The lowest BCUT2D eigenvalue weighted by molar-refractivity contribution is -0.127. The summed E-state index contributed by atoms with van der Waals surface area (Å²) in [5, 5.41) is 5.96. The first kappa shape index (κ1) is 16.3. The molecule has 112 valence electrons. The number of nitrogens with zero attached hydrogens (tertiary/aromatic N) is 2. The van der Waals surface area contributed by atoms with Crippen LogP contribution in [0.1, 0.15) is 13.8 Å². The number of benzene rings is 1. The lowest BCUT2D eigenvalue weighted by Crippen LogP contribution is -2.35. The van der Waals surface area contributed by atoms with Gasteiger partial charge in [-0.25, -0.2) is 0 Å². The number of para-hydroxylation sites is 1. The number of carbonyl (C=O) groups excluding carboxylic acids is 2.